The Bertz CT molecular complexity index is 436. The van der Waals surface area contributed by atoms with Gasteiger partial charge in [-0.3, -0.25) is 0 Å². The molecule has 1 aromatic rings. The van der Waals surface area contributed by atoms with Crippen LogP contribution in [-0.2, 0) is 5.41 Å². The maximum atomic E-state index is 10.3. The Morgan fingerprint density at radius 1 is 1.35 bits per heavy atom. The molecular formula is C14H20ClNO. The molecule has 0 aromatic heterocycles. The first kappa shape index (κ1) is 12.7. The largest absolute Gasteiger partial charge is 0.506 e. The van der Waals surface area contributed by atoms with Crippen LogP contribution < -0.4 is 5.73 Å². The fourth-order valence-electron chi connectivity index (χ4n) is 2.90. The summed E-state index contributed by atoms with van der Waals surface area (Å²) < 4.78 is 0. The van der Waals surface area contributed by atoms with Crippen LogP contribution in [0.2, 0.25) is 5.02 Å². The Labute approximate surface area is 108 Å². The molecule has 0 aliphatic heterocycles. The molecule has 1 saturated carbocycles. The second-order valence-electron chi connectivity index (χ2n) is 5.22. The number of rotatable bonds is 2. The van der Waals surface area contributed by atoms with Crippen molar-refractivity contribution in [2.24, 2.45) is 5.73 Å². The van der Waals surface area contributed by atoms with Gasteiger partial charge in [-0.05, 0) is 37.8 Å². The Balaban J connectivity index is 2.59. The van der Waals surface area contributed by atoms with Crippen molar-refractivity contribution in [2.45, 2.75) is 44.9 Å². The summed E-state index contributed by atoms with van der Waals surface area (Å²) in [5, 5.41) is 10.8. The van der Waals surface area contributed by atoms with Crippen LogP contribution in [0.1, 0.15) is 42.4 Å². The van der Waals surface area contributed by atoms with E-state index in [1.807, 2.05) is 13.8 Å². The van der Waals surface area contributed by atoms with Gasteiger partial charge in [-0.25, -0.2) is 0 Å². The number of aromatic hydroxyl groups is 1. The monoisotopic (exact) mass is 253 g/mol. The summed E-state index contributed by atoms with van der Waals surface area (Å²) in [5.41, 5.74) is 8.92. The molecule has 2 rings (SSSR count). The molecule has 1 aliphatic carbocycles. The van der Waals surface area contributed by atoms with Crippen LogP contribution in [0.3, 0.4) is 0 Å². The van der Waals surface area contributed by atoms with Crippen LogP contribution in [0.5, 0.6) is 5.75 Å². The number of hydrogen-bond acceptors (Lipinski definition) is 2. The quantitative estimate of drug-likeness (QED) is 0.848. The topological polar surface area (TPSA) is 46.2 Å². The minimum atomic E-state index is -0.0633. The minimum absolute atomic E-state index is 0.0633. The first-order valence-corrected chi connectivity index (χ1v) is 6.59. The van der Waals surface area contributed by atoms with E-state index in [4.69, 9.17) is 17.3 Å². The van der Waals surface area contributed by atoms with Crippen molar-refractivity contribution in [3.63, 3.8) is 0 Å². The molecule has 1 fully saturated rings. The first-order valence-electron chi connectivity index (χ1n) is 6.21. The molecule has 1 aliphatic rings. The molecule has 0 spiro atoms. The fourth-order valence-corrected chi connectivity index (χ4v) is 3.15. The van der Waals surface area contributed by atoms with Gasteiger partial charge in [0, 0.05) is 17.5 Å². The van der Waals surface area contributed by atoms with Crippen LogP contribution >= 0.6 is 11.6 Å². The van der Waals surface area contributed by atoms with Gasteiger partial charge in [-0.15, -0.1) is 0 Å². The number of aryl methyl sites for hydroxylation is 1. The highest BCUT2D eigenvalue weighted by molar-refractivity contribution is 6.33. The van der Waals surface area contributed by atoms with Gasteiger partial charge in [0.2, 0.25) is 0 Å². The second-order valence-corrected chi connectivity index (χ2v) is 5.60. The van der Waals surface area contributed by atoms with Crippen LogP contribution in [0, 0.1) is 13.8 Å². The predicted octanol–water partition coefficient (Wildman–Crippen LogP) is 3.43. The number of hydrogen-bond donors (Lipinski definition) is 2. The van der Waals surface area contributed by atoms with Gasteiger partial charge >= 0.3 is 0 Å². The maximum absolute atomic E-state index is 10.3. The third-order valence-corrected chi connectivity index (χ3v) is 4.73. The molecule has 0 atom stereocenters. The van der Waals surface area contributed by atoms with Crippen molar-refractivity contribution < 1.29 is 5.11 Å². The van der Waals surface area contributed by atoms with E-state index in [0.29, 0.717) is 11.6 Å². The van der Waals surface area contributed by atoms with Gasteiger partial charge in [0.15, 0.2) is 0 Å². The molecule has 17 heavy (non-hydrogen) atoms. The molecule has 1 aromatic carbocycles. The van der Waals surface area contributed by atoms with Crippen LogP contribution in [0.4, 0.5) is 0 Å². The highest BCUT2D eigenvalue weighted by Gasteiger charge is 2.37. The lowest BCUT2D eigenvalue weighted by Crippen LogP contribution is -2.32. The molecule has 0 unspecified atom stereocenters. The second kappa shape index (κ2) is 4.51. The average molecular weight is 254 g/mol. The summed E-state index contributed by atoms with van der Waals surface area (Å²) in [6.45, 7) is 4.55. The Kier molecular flexibility index (Phi) is 3.37. The van der Waals surface area contributed by atoms with E-state index in [1.54, 1.807) is 0 Å². The minimum Gasteiger partial charge on any atom is -0.506 e. The predicted molar refractivity (Wildman–Crippen MR) is 71.8 cm³/mol. The van der Waals surface area contributed by atoms with E-state index >= 15 is 0 Å². The van der Waals surface area contributed by atoms with Gasteiger partial charge in [-0.2, -0.15) is 0 Å². The molecule has 3 N–H and O–H groups in total. The lowest BCUT2D eigenvalue weighted by molar-refractivity contribution is 0.405. The highest BCUT2D eigenvalue weighted by Crippen LogP contribution is 2.47. The number of benzene rings is 1. The lowest BCUT2D eigenvalue weighted by atomic mass is 9.77. The third kappa shape index (κ3) is 1.94. The normalized spacial score (nSPS) is 18.6. The molecule has 0 heterocycles. The molecule has 0 bridgehead atoms. The van der Waals surface area contributed by atoms with Crippen LogP contribution in [0.15, 0.2) is 6.07 Å². The maximum Gasteiger partial charge on any atom is 0.138 e. The average Bonchev–Trinajstić information content (AvgIpc) is 2.81. The molecule has 2 nitrogen and oxygen atoms in total. The number of phenolic OH excluding ortho intramolecular Hbond substituents is 1. The standard InChI is InChI=1S/C14H20ClNO/c1-9-7-11(13(17)12(15)10(9)2)14(8-16)5-3-4-6-14/h7,17H,3-6,8,16H2,1-2H3. The van der Waals surface area contributed by atoms with Crippen molar-refractivity contribution in [3.8, 4) is 5.75 Å². The van der Waals surface area contributed by atoms with Crippen molar-refractivity contribution in [3.05, 3.63) is 27.8 Å². The Morgan fingerprint density at radius 2 is 1.94 bits per heavy atom. The molecule has 0 amide bonds. The summed E-state index contributed by atoms with van der Waals surface area (Å²) in [5.74, 6) is 0.238. The van der Waals surface area contributed by atoms with Crippen molar-refractivity contribution in [1.29, 1.82) is 0 Å². The molecule has 0 saturated heterocycles. The zero-order chi connectivity index (χ0) is 12.6. The van der Waals surface area contributed by atoms with Gasteiger partial charge in [0.1, 0.15) is 5.75 Å². The van der Waals surface area contributed by atoms with Crippen LogP contribution in [-0.4, -0.2) is 11.7 Å². The Hall–Kier alpha value is -0.730. The van der Waals surface area contributed by atoms with Crippen LogP contribution in [0.25, 0.3) is 0 Å². The number of nitrogens with two attached hydrogens (primary N) is 1. The van der Waals surface area contributed by atoms with Gasteiger partial charge < -0.3 is 10.8 Å². The van der Waals surface area contributed by atoms with Crippen molar-refractivity contribution in [1.82, 2.24) is 0 Å². The summed E-state index contributed by atoms with van der Waals surface area (Å²) in [7, 11) is 0. The van der Waals surface area contributed by atoms with Gasteiger partial charge in [-0.1, -0.05) is 30.5 Å². The molecule has 3 heteroatoms. The summed E-state index contributed by atoms with van der Waals surface area (Å²) in [4.78, 5) is 0. The number of phenols is 1. The van der Waals surface area contributed by atoms with E-state index in [0.717, 1.165) is 29.5 Å². The molecular weight excluding hydrogens is 234 g/mol. The summed E-state index contributed by atoms with van der Waals surface area (Å²) in [6.07, 6.45) is 4.47. The third-order valence-electron chi connectivity index (χ3n) is 4.27. The molecule has 0 radical (unpaired) electrons. The van der Waals surface area contributed by atoms with E-state index < -0.39 is 0 Å². The van der Waals surface area contributed by atoms with E-state index in [1.165, 1.54) is 12.8 Å². The summed E-state index contributed by atoms with van der Waals surface area (Å²) >= 11 is 6.19. The SMILES string of the molecule is Cc1cc(C2(CN)CCCC2)c(O)c(Cl)c1C. The van der Waals surface area contributed by atoms with E-state index in [9.17, 15) is 5.11 Å². The zero-order valence-electron chi connectivity index (χ0n) is 10.5. The first-order chi connectivity index (χ1) is 8.02. The summed E-state index contributed by atoms with van der Waals surface area (Å²) in [6, 6.07) is 2.06. The highest BCUT2D eigenvalue weighted by atomic mass is 35.5. The van der Waals surface area contributed by atoms with Crippen molar-refractivity contribution in [2.75, 3.05) is 6.54 Å². The van der Waals surface area contributed by atoms with Crippen molar-refractivity contribution >= 4 is 11.6 Å². The smallest absolute Gasteiger partial charge is 0.138 e. The van der Waals surface area contributed by atoms with Gasteiger partial charge in [0.25, 0.3) is 0 Å². The Morgan fingerprint density at radius 3 is 2.47 bits per heavy atom. The fraction of sp³-hybridized carbons (Fsp3) is 0.571. The van der Waals surface area contributed by atoms with E-state index in [2.05, 4.69) is 6.07 Å². The zero-order valence-corrected chi connectivity index (χ0v) is 11.3. The lowest BCUT2D eigenvalue weighted by Gasteiger charge is -2.30. The van der Waals surface area contributed by atoms with Gasteiger partial charge in [0.05, 0.1) is 5.02 Å². The van der Waals surface area contributed by atoms with E-state index in [-0.39, 0.29) is 11.2 Å². The number of halogens is 1. The molecule has 94 valence electrons.